The Balaban J connectivity index is 1.38. The number of thiazole rings is 1. The number of hydrogen-bond acceptors (Lipinski definition) is 5. The normalized spacial score (nSPS) is 14.5. The summed E-state index contributed by atoms with van der Waals surface area (Å²) in [4.78, 5) is 34.2. The van der Waals surface area contributed by atoms with Crippen LogP contribution in [0.25, 0.3) is 10.6 Å². The lowest BCUT2D eigenvalue weighted by molar-refractivity contribution is 0.0664. The first kappa shape index (κ1) is 20.3. The van der Waals surface area contributed by atoms with Crippen molar-refractivity contribution < 1.29 is 9.59 Å². The molecule has 3 aromatic rings. The molecule has 1 fully saturated rings. The van der Waals surface area contributed by atoms with Crippen LogP contribution in [-0.4, -0.2) is 59.8 Å². The zero-order valence-electron chi connectivity index (χ0n) is 16.9. The largest absolute Gasteiger partial charge is 0.347 e. The van der Waals surface area contributed by atoms with Crippen molar-refractivity contribution in [3.8, 4) is 10.6 Å². The lowest BCUT2D eigenvalue weighted by Gasteiger charge is -2.32. The molecule has 0 radical (unpaired) electrons. The molecule has 0 aliphatic carbocycles. The van der Waals surface area contributed by atoms with Gasteiger partial charge in [-0.2, -0.15) is 0 Å². The maximum Gasteiger partial charge on any atom is 0.263 e. The van der Waals surface area contributed by atoms with Crippen molar-refractivity contribution in [1.82, 2.24) is 20.1 Å². The number of nitrogens with zero attached hydrogens (tertiary/aromatic N) is 3. The van der Waals surface area contributed by atoms with Crippen LogP contribution in [0, 0.1) is 0 Å². The van der Waals surface area contributed by atoms with Gasteiger partial charge in [0.25, 0.3) is 11.8 Å². The Morgan fingerprint density at radius 2 is 1.70 bits per heavy atom. The highest BCUT2D eigenvalue weighted by Gasteiger charge is 2.20. The summed E-state index contributed by atoms with van der Waals surface area (Å²) in [6.07, 6.45) is 1.60. The van der Waals surface area contributed by atoms with Gasteiger partial charge in [0.2, 0.25) is 0 Å². The van der Waals surface area contributed by atoms with Gasteiger partial charge in [0.15, 0.2) is 0 Å². The molecule has 0 spiro atoms. The Bertz CT molecular complexity index is 1010. The summed E-state index contributed by atoms with van der Waals surface area (Å²) in [7, 11) is 2.07. The quantitative estimate of drug-likeness (QED) is 0.689. The van der Waals surface area contributed by atoms with Gasteiger partial charge in [0.05, 0.1) is 6.20 Å². The molecular formula is C23H24N4O2S. The molecule has 2 amide bonds. The van der Waals surface area contributed by atoms with Crippen LogP contribution in [0.15, 0.2) is 60.8 Å². The van der Waals surface area contributed by atoms with E-state index in [1.165, 1.54) is 11.3 Å². The Labute approximate surface area is 180 Å². The van der Waals surface area contributed by atoms with E-state index in [1.807, 2.05) is 59.5 Å². The lowest BCUT2D eigenvalue weighted by Crippen LogP contribution is -2.47. The average Bonchev–Trinajstić information content (AvgIpc) is 3.29. The van der Waals surface area contributed by atoms with Crippen molar-refractivity contribution in [2.24, 2.45) is 0 Å². The lowest BCUT2D eigenvalue weighted by atomic mass is 10.1. The summed E-state index contributed by atoms with van der Waals surface area (Å²) in [6.45, 7) is 3.79. The zero-order valence-corrected chi connectivity index (χ0v) is 17.7. The van der Waals surface area contributed by atoms with E-state index in [0.29, 0.717) is 17.0 Å². The summed E-state index contributed by atoms with van der Waals surface area (Å²) >= 11 is 1.35. The number of carbonyl (C=O) groups is 2. The summed E-state index contributed by atoms with van der Waals surface area (Å²) < 4.78 is 0. The van der Waals surface area contributed by atoms with E-state index in [1.54, 1.807) is 6.20 Å². The predicted molar refractivity (Wildman–Crippen MR) is 119 cm³/mol. The molecule has 0 bridgehead atoms. The van der Waals surface area contributed by atoms with Crippen LogP contribution in [0.5, 0.6) is 0 Å². The van der Waals surface area contributed by atoms with E-state index in [-0.39, 0.29) is 11.8 Å². The van der Waals surface area contributed by atoms with Gasteiger partial charge in [-0.1, -0.05) is 42.5 Å². The van der Waals surface area contributed by atoms with E-state index in [2.05, 4.69) is 22.2 Å². The van der Waals surface area contributed by atoms with Crippen LogP contribution in [0.1, 0.15) is 25.6 Å². The molecule has 1 aromatic heterocycles. The molecule has 0 saturated carbocycles. The molecule has 7 heteroatoms. The molecule has 30 heavy (non-hydrogen) atoms. The highest BCUT2D eigenvalue weighted by Crippen LogP contribution is 2.26. The standard InChI is InChI=1S/C23H24N4O2S/c1-26-11-13-27(14-12-26)23(29)19-9-7-18(8-10-19)22-25-16-20(30-22)21(28)24-15-17-5-3-2-4-6-17/h2-10,16H,11-15H2,1H3,(H,24,28). The number of piperazine rings is 1. The first-order valence-corrected chi connectivity index (χ1v) is 10.8. The number of likely N-dealkylation sites (N-methyl/N-ethyl adjacent to an activating group) is 1. The number of benzene rings is 2. The van der Waals surface area contributed by atoms with Crippen molar-refractivity contribution in [2.75, 3.05) is 33.2 Å². The van der Waals surface area contributed by atoms with Crippen LogP contribution in [-0.2, 0) is 6.54 Å². The summed E-state index contributed by atoms with van der Waals surface area (Å²) in [5.41, 5.74) is 2.63. The molecular weight excluding hydrogens is 396 g/mol. The maximum atomic E-state index is 12.7. The second-order valence-corrected chi connectivity index (χ2v) is 8.40. The van der Waals surface area contributed by atoms with E-state index < -0.39 is 0 Å². The number of aromatic nitrogens is 1. The Hall–Kier alpha value is -3.03. The first-order chi connectivity index (χ1) is 14.6. The fraction of sp³-hybridized carbons (Fsp3) is 0.261. The Morgan fingerprint density at radius 3 is 2.40 bits per heavy atom. The molecule has 0 unspecified atom stereocenters. The number of carbonyl (C=O) groups excluding carboxylic acids is 2. The molecule has 1 aliphatic heterocycles. The first-order valence-electron chi connectivity index (χ1n) is 9.96. The van der Waals surface area contributed by atoms with Crippen LogP contribution >= 0.6 is 11.3 Å². The maximum absolute atomic E-state index is 12.7. The summed E-state index contributed by atoms with van der Waals surface area (Å²) in [5.74, 6) is -0.0702. The summed E-state index contributed by atoms with van der Waals surface area (Å²) in [6, 6.07) is 17.3. The molecule has 1 aliphatic rings. The van der Waals surface area contributed by atoms with E-state index in [0.717, 1.165) is 42.3 Å². The van der Waals surface area contributed by atoms with Crippen LogP contribution in [0.3, 0.4) is 0 Å². The second kappa shape index (κ2) is 9.19. The number of amides is 2. The SMILES string of the molecule is CN1CCN(C(=O)c2ccc(-c3ncc(C(=O)NCc4ccccc4)s3)cc2)CC1. The highest BCUT2D eigenvalue weighted by atomic mass is 32.1. The minimum atomic E-state index is -0.135. The van der Waals surface area contributed by atoms with Gasteiger partial charge in [-0.15, -0.1) is 11.3 Å². The second-order valence-electron chi connectivity index (χ2n) is 7.37. The minimum Gasteiger partial charge on any atom is -0.347 e. The highest BCUT2D eigenvalue weighted by molar-refractivity contribution is 7.16. The van der Waals surface area contributed by atoms with Gasteiger partial charge in [-0.05, 0) is 24.7 Å². The number of nitrogens with one attached hydrogen (secondary N) is 1. The van der Waals surface area contributed by atoms with Crippen molar-refractivity contribution in [3.05, 3.63) is 76.8 Å². The minimum absolute atomic E-state index is 0.0646. The predicted octanol–water partition coefficient (Wildman–Crippen LogP) is 3.13. The topological polar surface area (TPSA) is 65.5 Å². The average molecular weight is 421 g/mol. The molecule has 0 atom stereocenters. The summed E-state index contributed by atoms with van der Waals surface area (Å²) in [5, 5.41) is 3.68. The van der Waals surface area contributed by atoms with Crippen molar-refractivity contribution in [3.63, 3.8) is 0 Å². The molecule has 4 rings (SSSR count). The number of hydrogen-bond donors (Lipinski definition) is 1. The van der Waals surface area contributed by atoms with Gasteiger partial charge in [0.1, 0.15) is 9.88 Å². The third-order valence-electron chi connectivity index (χ3n) is 5.19. The Kier molecular flexibility index (Phi) is 6.21. The van der Waals surface area contributed by atoms with E-state index in [4.69, 9.17) is 0 Å². The smallest absolute Gasteiger partial charge is 0.263 e. The molecule has 6 nitrogen and oxygen atoms in total. The fourth-order valence-electron chi connectivity index (χ4n) is 3.33. The van der Waals surface area contributed by atoms with Crippen LogP contribution in [0.4, 0.5) is 0 Å². The van der Waals surface area contributed by atoms with Gasteiger partial charge in [-0.25, -0.2) is 4.98 Å². The van der Waals surface area contributed by atoms with Crippen LogP contribution < -0.4 is 5.32 Å². The zero-order chi connectivity index (χ0) is 20.9. The third kappa shape index (κ3) is 4.75. The molecule has 2 heterocycles. The Morgan fingerprint density at radius 1 is 1.00 bits per heavy atom. The monoisotopic (exact) mass is 420 g/mol. The van der Waals surface area contributed by atoms with Gasteiger partial charge in [0, 0.05) is 43.9 Å². The van der Waals surface area contributed by atoms with Gasteiger partial charge >= 0.3 is 0 Å². The van der Waals surface area contributed by atoms with Crippen LogP contribution in [0.2, 0.25) is 0 Å². The number of rotatable bonds is 5. The van der Waals surface area contributed by atoms with Gasteiger partial charge in [-0.3, -0.25) is 9.59 Å². The molecule has 1 N–H and O–H groups in total. The van der Waals surface area contributed by atoms with Crippen molar-refractivity contribution in [2.45, 2.75) is 6.54 Å². The van der Waals surface area contributed by atoms with E-state index >= 15 is 0 Å². The van der Waals surface area contributed by atoms with Crippen molar-refractivity contribution >= 4 is 23.2 Å². The van der Waals surface area contributed by atoms with E-state index in [9.17, 15) is 9.59 Å². The fourth-order valence-corrected chi connectivity index (χ4v) is 4.16. The van der Waals surface area contributed by atoms with Crippen molar-refractivity contribution in [1.29, 1.82) is 0 Å². The third-order valence-corrected chi connectivity index (χ3v) is 6.24. The molecule has 154 valence electrons. The van der Waals surface area contributed by atoms with Gasteiger partial charge < -0.3 is 15.1 Å². The molecule has 1 saturated heterocycles. The molecule has 2 aromatic carbocycles.